The molecule has 0 radical (unpaired) electrons. The smallest absolute Gasteiger partial charge is 0.0836 e. The summed E-state index contributed by atoms with van der Waals surface area (Å²) in [6.07, 6.45) is 0.802. The zero-order valence-electron chi connectivity index (χ0n) is 11.7. The molecule has 0 aliphatic rings. The summed E-state index contributed by atoms with van der Waals surface area (Å²) in [7, 11) is 0. The fraction of sp³-hybridized carbons (Fsp3) is 0.600. The van der Waals surface area contributed by atoms with Gasteiger partial charge in [0.25, 0.3) is 0 Å². The molecule has 1 aromatic carbocycles. The highest BCUT2D eigenvalue weighted by molar-refractivity contribution is 5.44. The van der Waals surface area contributed by atoms with Gasteiger partial charge in [0.2, 0.25) is 0 Å². The molecule has 102 valence electrons. The lowest BCUT2D eigenvalue weighted by molar-refractivity contribution is 0.183. The Hall–Kier alpha value is -1.06. The van der Waals surface area contributed by atoms with Crippen molar-refractivity contribution < 1.29 is 5.11 Å². The summed E-state index contributed by atoms with van der Waals surface area (Å²) >= 11 is 0. The average molecular weight is 250 g/mol. The van der Waals surface area contributed by atoms with Crippen molar-refractivity contribution in [2.75, 3.05) is 25.0 Å². The number of aryl methyl sites for hydroxylation is 1. The van der Waals surface area contributed by atoms with Gasteiger partial charge in [0, 0.05) is 18.8 Å². The molecule has 0 spiro atoms. The quantitative estimate of drug-likeness (QED) is 0.621. The molecule has 3 nitrogen and oxygen atoms in total. The highest BCUT2D eigenvalue weighted by Crippen LogP contribution is 2.08. The largest absolute Gasteiger partial charge is 0.390 e. The van der Waals surface area contributed by atoms with Gasteiger partial charge in [-0.25, -0.2) is 0 Å². The molecule has 0 aliphatic carbocycles. The lowest BCUT2D eigenvalue weighted by Gasteiger charge is -2.14. The number of benzene rings is 1. The van der Waals surface area contributed by atoms with Crippen molar-refractivity contribution in [3.05, 3.63) is 29.8 Å². The van der Waals surface area contributed by atoms with Crippen molar-refractivity contribution in [3.8, 4) is 0 Å². The van der Waals surface area contributed by atoms with Crippen LogP contribution in [-0.2, 0) is 0 Å². The Bertz CT molecular complexity index is 322. The Balaban J connectivity index is 2.13. The van der Waals surface area contributed by atoms with Crippen LogP contribution in [0.25, 0.3) is 0 Å². The maximum Gasteiger partial charge on any atom is 0.0836 e. The van der Waals surface area contributed by atoms with Crippen molar-refractivity contribution in [3.63, 3.8) is 0 Å². The van der Waals surface area contributed by atoms with Crippen molar-refractivity contribution in [2.45, 2.75) is 33.3 Å². The molecule has 1 atom stereocenters. The average Bonchev–Trinajstić information content (AvgIpc) is 2.34. The van der Waals surface area contributed by atoms with Crippen LogP contribution in [0.3, 0.4) is 0 Å². The Labute approximate surface area is 111 Å². The molecule has 0 fully saturated rings. The highest BCUT2D eigenvalue weighted by atomic mass is 16.3. The molecule has 0 amide bonds. The maximum absolute atomic E-state index is 9.81. The summed E-state index contributed by atoms with van der Waals surface area (Å²) in [6, 6.07) is 8.20. The van der Waals surface area contributed by atoms with Gasteiger partial charge >= 0.3 is 0 Å². The van der Waals surface area contributed by atoms with Crippen LogP contribution < -0.4 is 10.6 Å². The van der Waals surface area contributed by atoms with Gasteiger partial charge in [0.15, 0.2) is 0 Å². The predicted molar refractivity (Wildman–Crippen MR) is 78.0 cm³/mol. The standard InChI is InChI=1S/C15H26N2O/c1-12(2)8-9-16-10-15(18)11-17-14-6-4-13(3)5-7-14/h4-7,12,15-18H,8-11H2,1-3H3. The van der Waals surface area contributed by atoms with E-state index in [1.54, 1.807) is 0 Å². The van der Waals surface area contributed by atoms with Crippen molar-refractivity contribution in [2.24, 2.45) is 5.92 Å². The fourth-order valence-corrected chi connectivity index (χ4v) is 1.64. The van der Waals surface area contributed by atoms with E-state index in [4.69, 9.17) is 0 Å². The Kier molecular flexibility index (Phi) is 6.76. The van der Waals surface area contributed by atoms with E-state index in [0.717, 1.165) is 18.7 Å². The van der Waals surface area contributed by atoms with E-state index in [2.05, 4.69) is 43.5 Å². The third-order valence-electron chi connectivity index (χ3n) is 2.87. The second kappa shape index (κ2) is 8.11. The summed E-state index contributed by atoms with van der Waals surface area (Å²) in [5, 5.41) is 16.3. The monoisotopic (exact) mass is 250 g/mol. The van der Waals surface area contributed by atoms with E-state index >= 15 is 0 Å². The summed E-state index contributed by atoms with van der Waals surface area (Å²) < 4.78 is 0. The molecule has 3 heteroatoms. The molecule has 1 rings (SSSR count). The third kappa shape index (κ3) is 6.62. The van der Waals surface area contributed by atoms with Gasteiger partial charge in [-0.2, -0.15) is 0 Å². The molecule has 0 bridgehead atoms. The molecule has 0 aromatic heterocycles. The van der Waals surface area contributed by atoms with Crippen molar-refractivity contribution in [1.82, 2.24) is 5.32 Å². The molecular formula is C15H26N2O. The Morgan fingerprint density at radius 1 is 1.11 bits per heavy atom. The Morgan fingerprint density at radius 3 is 2.39 bits per heavy atom. The van der Waals surface area contributed by atoms with Gasteiger partial charge in [-0.05, 0) is 37.9 Å². The van der Waals surface area contributed by atoms with Gasteiger partial charge in [-0.15, -0.1) is 0 Å². The second-order valence-electron chi connectivity index (χ2n) is 5.29. The normalized spacial score (nSPS) is 12.7. The van der Waals surface area contributed by atoms with E-state index in [9.17, 15) is 5.11 Å². The van der Waals surface area contributed by atoms with Gasteiger partial charge in [-0.1, -0.05) is 31.5 Å². The number of hydrogen-bond donors (Lipinski definition) is 3. The van der Waals surface area contributed by atoms with E-state index in [1.807, 2.05) is 12.1 Å². The number of anilines is 1. The molecule has 3 N–H and O–H groups in total. The van der Waals surface area contributed by atoms with Crippen LogP contribution in [-0.4, -0.2) is 30.8 Å². The van der Waals surface area contributed by atoms with E-state index in [0.29, 0.717) is 19.0 Å². The molecule has 0 aliphatic heterocycles. The number of aliphatic hydroxyl groups excluding tert-OH is 1. The summed E-state index contributed by atoms with van der Waals surface area (Å²) in [5.74, 6) is 0.709. The van der Waals surface area contributed by atoms with Crippen LogP contribution in [0, 0.1) is 12.8 Å². The minimum Gasteiger partial charge on any atom is -0.390 e. The predicted octanol–water partition coefficient (Wildman–Crippen LogP) is 2.40. The zero-order valence-corrected chi connectivity index (χ0v) is 11.7. The second-order valence-corrected chi connectivity index (χ2v) is 5.29. The topological polar surface area (TPSA) is 44.3 Å². The van der Waals surface area contributed by atoms with Crippen molar-refractivity contribution >= 4 is 5.69 Å². The molecule has 0 saturated heterocycles. The van der Waals surface area contributed by atoms with Crippen LogP contribution in [0.4, 0.5) is 5.69 Å². The SMILES string of the molecule is Cc1ccc(NCC(O)CNCCC(C)C)cc1. The first kappa shape index (κ1) is 15.0. The van der Waals surface area contributed by atoms with E-state index in [-0.39, 0.29) is 6.10 Å². The minimum atomic E-state index is -0.349. The molecule has 0 heterocycles. The van der Waals surface area contributed by atoms with Crippen LogP contribution >= 0.6 is 0 Å². The lowest BCUT2D eigenvalue weighted by atomic mass is 10.1. The first-order valence-corrected chi connectivity index (χ1v) is 6.77. The zero-order chi connectivity index (χ0) is 13.4. The van der Waals surface area contributed by atoms with E-state index in [1.165, 1.54) is 5.56 Å². The Morgan fingerprint density at radius 2 is 1.78 bits per heavy atom. The molecule has 1 unspecified atom stereocenters. The molecule has 0 saturated carbocycles. The van der Waals surface area contributed by atoms with Gasteiger partial charge in [-0.3, -0.25) is 0 Å². The van der Waals surface area contributed by atoms with Gasteiger partial charge in [0.05, 0.1) is 6.10 Å². The number of hydrogen-bond acceptors (Lipinski definition) is 3. The number of rotatable bonds is 8. The molecular weight excluding hydrogens is 224 g/mol. The first-order chi connectivity index (χ1) is 8.58. The number of aliphatic hydroxyl groups is 1. The van der Waals surface area contributed by atoms with Crippen LogP contribution in [0.5, 0.6) is 0 Å². The van der Waals surface area contributed by atoms with Crippen molar-refractivity contribution in [1.29, 1.82) is 0 Å². The highest BCUT2D eigenvalue weighted by Gasteiger charge is 2.03. The van der Waals surface area contributed by atoms with Gasteiger partial charge in [0.1, 0.15) is 0 Å². The van der Waals surface area contributed by atoms with Crippen LogP contribution in [0.1, 0.15) is 25.8 Å². The lowest BCUT2D eigenvalue weighted by Crippen LogP contribution is -2.33. The van der Waals surface area contributed by atoms with Crippen LogP contribution in [0.2, 0.25) is 0 Å². The summed E-state index contributed by atoms with van der Waals surface area (Å²) in [6.45, 7) is 8.67. The summed E-state index contributed by atoms with van der Waals surface area (Å²) in [5.41, 5.74) is 2.30. The third-order valence-corrected chi connectivity index (χ3v) is 2.87. The molecule has 18 heavy (non-hydrogen) atoms. The first-order valence-electron chi connectivity index (χ1n) is 6.77. The van der Waals surface area contributed by atoms with Gasteiger partial charge < -0.3 is 15.7 Å². The van der Waals surface area contributed by atoms with Crippen LogP contribution in [0.15, 0.2) is 24.3 Å². The molecule has 1 aromatic rings. The number of nitrogens with one attached hydrogen (secondary N) is 2. The summed E-state index contributed by atoms with van der Waals surface area (Å²) in [4.78, 5) is 0. The maximum atomic E-state index is 9.81. The fourth-order valence-electron chi connectivity index (χ4n) is 1.64. The van der Waals surface area contributed by atoms with E-state index < -0.39 is 0 Å². The minimum absolute atomic E-state index is 0.349.